The van der Waals surface area contributed by atoms with Crippen LogP contribution in [-0.2, 0) is 12.6 Å². The fraction of sp³-hybridized carbons (Fsp3) is 0.632. The van der Waals surface area contributed by atoms with Crippen LogP contribution < -0.4 is 5.32 Å². The van der Waals surface area contributed by atoms with Crippen molar-refractivity contribution >= 4 is 5.91 Å². The van der Waals surface area contributed by atoms with Crippen LogP contribution >= 0.6 is 0 Å². The Morgan fingerprint density at radius 3 is 2.68 bits per heavy atom. The van der Waals surface area contributed by atoms with Crippen LogP contribution in [0.25, 0.3) is 0 Å². The highest BCUT2D eigenvalue weighted by Gasteiger charge is 2.48. The number of aryl methyl sites for hydroxylation is 1. The van der Waals surface area contributed by atoms with E-state index in [4.69, 9.17) is 0 Å². The molecule has 2 aliphatic heterocycles. The highest BCUT2D eigenvalue weighted by molar-refractivity contribution is 5.96. The molecule has 2 aliphatic rings. The average molecular weight is 354 g/mol. The van der Waals surface area contributed by atoms with Gasteiger partial charge in [-0.1, -0.05) is 6.92 Å². The monoisotopic (exact) mass is 354 g/mol. The van der Waals surface area contributed by atoms with Crippen LogP contribution in [0.15, 0.2) is 18.2 Å². The molecule has 3 nitrogen and oxygen atoms in total. The number of hydrogen-bond acceptors (Lipinski definition) is 2. The van der Waals surface area contributed by atoms with E-state index in [0.29, 0.717) is 23.6 Å². The first-order valence-corrected chi connectivity index (χ1v) is 8.90. The summed E-state index contributed by atoms with van der Waals surface area (Å²) in [4.78, 5) is 15.2. The van der Waals surface area contributed by atoms with Crippen molar-refractivity contribution in [2.75, 3.05) is 7.05 Å². The number of nitrogens with zero attached hydrogens (tertiary/aromatic N) is 1. The Bertz CT molecular complexity index is 673. The van der Waals surface area contributed by atoms with Gasteiger partial charge in [-0.05, 0) is 69.8 Å². The summed E-state index contributed by atoms with van der Waals surface area (Å²) < 4.78 is 38.7. The minimum absolute atomic E-state index is 0.271. The third-order valence-electron chi connectivity index (χ3n) is 6.03. The Kier molecular flexibility index (Phi) is 4.60. The summed E-state index contributed by atoms with van der Waals surface area (Å²) in [5.74, 6) is -0.271. The van der Waals surface area contributed by atoms with E-state index in [2.05, 4.69) is 24.2 Å². The number of nitrogens with one attached hydrogen (secondary N) is 1. The Morgan fingerprint density at radius 1 is 1.32 bits per heavy atom. The van der Waals surface area contributed by atoms with Gasteiger partial charge in [0, 0.05) is 17.6 Å². The molecule has 138 valence electrons. The highest BCUT2D eigenvalue weighted by atomic mass is 19.4. The van der Waals surface area contributed by atoms with Crippen molar-refractivity contribution in [3.05, 3.63) is 34.9 Å². The molecule has 2 heterocycles. The first-order valence-electron chi connectivity index (χ1n) is 8.90. The number of carbonyl (C=O) groups is 1. The van der Waals surface area contributed by atoms with E-state index in [1.54, 1.807) is 6.92 Å². The molecule has 0 saturated carbocycles. The van der Waals surface area contributed by atoms with Crippen molar-refractivity contribution < 1.29 is 18.0 Å². The molecule has 1 aromatic carbocycles. The number of alkyl halides is 3. The number of halogens is 3. The summed E-state index contributed by atoms with van der Waals surface area (Å²) in [5.41, 5.74) is -0.265. The standard InChI is InChI=1S/C19H25F3N2O/c1-4-12-11-13(19(20,21)22)5-7-15(12)17(25)23-18(2)10-9-14-6-8-16(18)24(14)3/h5,7,11,14,16H,4,6,8-10H2,1-3H3,(H,23,25)/t14-,16+,18-/m0/s1. The summed E-state index contributed by atoms with van der Waals surface area (Å²) in [5, 5.41) is 3.14. The number of piperidine rings is 1. The van der Waals surface area contributed by atoms with Gasteiger partial charge in [0.2, 0.25) is 0 Å². The third-order valence-corrected chi connectivity index (χ3v) is 6.03. The number of amides is 1. The lowest BCUT2D eigenvalue weighted by Crippen LogP contribution is -2.61. The largest absolute Gasteiger partial charge is 0.416 e. The van der Waals surface area contributed by atoms with Gasteiger partial charge in [0.05, 0.1) is 11.1 Å². The summed E-state index contributed by atoms with van der Waals surface area (Å²) in [6.07, 6.45) is 0.126. The third kappa shape index (κ3) is 3.28. The van der Waals surface area contributed by atoms with E-state index < -0.39 is 11.7 Å². The zero-order valence-electron chi connectivity index (χ0n) is 14.9. The van der Waals surface area contributed by atoms with Gasteiger partial charge in [-0.25, -0.2) is 0 Å². The number of likely N-dealkylation sites (N-methyl/N-ethyl adjacent to an activating group) is 1. The van der Waals surface area contributed by atoms with Crippen LogP contribution in [-0.4, -0.2) is 35.5 Å². The average Bonchev–Trinajstić information content (AvgIpc) is 2.83. The molecular weight excluding hydrogens is 329 g/mol. The Labute approximate surface area is 146 Å². The number of rotatable bonds is 3. The SMILES string of the molecule is CCc1cc(C(F)(F)F)ccc1C(=O)N[C@@]1(C)CC[C@@H]2CC[C@H]1N2C. The molecule has 0 spiro atoms. The molecule has 1 amide bonds. The fourth-order valence-electron chi connectivity index (χ4n) is 4.52. The molecule has 6 heteroatoms. The molecule has 2 fully saturated rings. The molecule has 1 aromatic rings. The maximum absolute atomic E-state index is 12.9. The van der Waals surface area contributed by atoms with Gasteiger partial charge in [0.15, 0.2) is 0 Å². The van der Waals surface area contributed by atoms with Gasteiger partial charge in [0.25, 0.3) is 5.91 Å². The topological polar surface area (TPSA) is 32.3 Å². The van der Waals surface area contributed by atoms with E-state index in [1.165, 1.54) is 6.07 Å². The Hall–Kier alpha value is -1.56. The van der Waals surface area contributed by atoms with Gasteiger partial charge >= 0.3 is 6.18 Å². The number of hydrogen-bond donors (Lipinski definition) is 1. The van der Waals surface area contributed by atoms with Gasteiger partial charge in [-0.2, -0.15) is 13.2 Å². The molecule has 0 radical (unpaired) electrons. The Balaban J connectivity index is 1.84. The lowest BCUT2D eigenvalue weighted by molar-refractivity contribution is -0.137. The van der Waals surface area contributed by atoms with Gasteiger partial charge in [-0.3, -0.25) is 9.69 Å². The van der Waals surface area contributed by atoms with Gasteiger partial charge < -0.3 is 5.32 Å². The molecule has 0 aliphatic carbocycles. The van der Waals surface area contributed by atoms with Crippen LogP contribution in [0.3, 0.4) is 0 Å². The first-order chi connectivity index (χ1) is 11.7. The quantitative estimate of drug-likeness (QED) is 0.889. The highest BCUT2D eigenvalue weighted by Crippen LogP contribution is 2.40. The van der Waals surface area contributed by atoms with E-state index >= 15 is 0 Å². The van der Waals surface area contributed by atoms with Crippen molar-refractivity contribution in [3.8, 4) is 0 Å². The van der Waals surface area contributed by atoms with Crippen molar-refractivity contribution in [2.24, 2.45) is 0 Å². The maximum Gasteiger partial charge on any atom is 0.416 e. The van der Waals surface area contributed by atoms with Crippen LogP contribution in [0.2, 0.25) is 0 Å². The minimum Gasteiger partial charge on any atom is -0.345 e. The second-order valence-corrected chi connectivity index (χ2v) is 7.55. The van der Waals surface area contributed by atoms with E-state index in [9.17, 15) is 18.0 Å². The van der Waals surface area contributed by atoms with E-state index in [-0.39, 0.29) is 17.5 Å². The number of carbonyl (C=O) groups excluding carboxylic acids is 1. The molecule has 0 aromatic heterocycles. The van der Waals surface area contributed by atoms with Crippen LogP contribution in [0.4, 0.5) is 13.2 Å². The molecule has 1 N–H and O–H groups in total. The lowest BCUT2D eigenvalue weighted by atomic mass is 9.83. The van der Waals surface area contributed by atoms with Crippen LogP contribution in [0, 0.1) is 0 Å². The van der Waals surface area contributed by atoms with Crippen LogP contribution in [0.1, 0.15) is 61.0 Å². The molecule has 25 heavy (non-hydrogen) atoms. The summed E-state index contributed by atoms with van der Waals surface area (Å²) in [7, 11) is 2.10. The normalized spacial score (nSPS) is 29.7. The van der Waals surface area contributed by atoms with Crippen molar-refractivity contribution in [1.29, 1.82) is 0 Å². The maximum atomic E-state index is 12.9. The molecule has 3 atom stereocenters. The Morgan fingerprint density at radius 2 is 2.04 bits per heavy atom. The zero-order chi connectivity index (χ0) is 18.4. The second-order valence-electron chi connectivity index (χ2n) is 7.55. The predicted molar refractivity (Wildman–Crippen MR) is 90.5 cm³/mol. The smallest absolute Gasteiger partial charge is 0.345 e. The first kappa shape index (κ1) is 18.2. The summed E-state index contributed by atoms with van der Waals surface area (Å²) >= 11 is 0. The molecular formula is C19H25F3N2O. The van der Waals surface area contributed by atoms with E-state index in [1.807, 2.05) is 0 Å². The lowest BCUT2D eigenvalue weighted by Gasteiger charge is -2.46. The van der Waals surface area contributed by atoms with E-state index in [0.717, 1.165) is 37.8 Å². The minimum atomic E-state index is -4.39. The zero-order valence-corrected chi connectivity index (χ0v) is 14.9. The van der Waals surface area contributed by atoms with Crippen molar-refractivity contribution in [3.63, 3.8) is 0 Å². The summed E-state index contributed by atoms with van der Waals surface area (Å²) in [6.45, 7) is 3.83. The van der Waals surface area contributed by atoms with Crippen LogP contribution in [0.5, 0.6) is 0 Å². The predicted octanol–water partition coefficient (Wildman–Crippen LogP) is 4.01. The molecule has 2 bridgehead atoms. The van der Waals surface area contributed by atoms with Crippen molar-refractivity contribution in [1.82, 2.24) is 10.2 Å². The number of benzene rings is 1. The fourth-order valence-corrected chi connectivity index (χ4v) is 4.52. The molecule has 0 unspecified atom stereocenters. The summed E-state index contributed by atoms with van der Waals surface area (Å²) in [6, 6.07) is 4.27. The molecule has 3 rings (SSSR count). The number of fused-ring (bicyclic) bond motifs is 2. The van der Waals surface area contributed by atoms with Gasteiger partial charge in [0.1, 0.15) is 0 Å². The van der Waals surface area contributed by atoms with Crippen molar-refractivity contribution in [2.45, 2.75) is 69.8 Å². The van der Waals surface area contributed by atoms with Gasteiger partial charge in [-0.15, -0.1) is 0 Å². The molecule has 2 saturated heterocycles. The second kappa shape index (κ2) is 6.31.